The van der Waals surface area contributed by atoms with Crippen LogP contribution in [0.15, 0.2) is 48.5 Å². The molecule has 0 saturated heterocycles. The predicted octanol–water partition coefficient (Wildman–Crippen LogP) is 3.94. The van der Waals surface area contributed by atoms with Crippen molar-refractivity contribution in [3.63, 3.8) is 0 Å². The summed E-state index contributed by atoms with van der Waals surface area (Å²) in [6.07, 6.45) is 0.451. The highest BCUT2D eigenvalue weighted by atomic mass is 16.5. The first kappa shape index (κ1) is 15.1. The molecule has 0 radical (unpaired) electrons. The minimum Gasteiger partial charge on any atom is -0.494 e. The lowest BCUT2D eigenvalue weighted by Gasteiger charge is -2.14. The highest BCUT2D eigenvalue weighted by Crippen LogP contribution is 2.21. The molecule has 2 aromatic carbocycles. The van der Waals surface area contributed by atoms with Gasteiger partial charge >= 0.3 is 5.97 Å². The highest BCUT2D eigenvalue weighted by Gasteiger charge is 2.19. The van der Waals surface area contributed by atoms with E-state index in [4.69, 9.17) is 4.74 Å². The van der Waals surface area contributed by atoms with E-state index in [1.807, 2.05) is 55.5 Å². The van der Waals surface area contributed by atoms with Crippen LogP contribution in [0.3, 0.4) is 0 Å². The average molecular weight is 284 g/mol. The Morgan fingerprint density at radius 1 is 1.10 bits per heavy atom. The van der Waals surface area contributed by atoms with Gasteiger partial charge in [0.15, 0.2) is 0 Å². The molecule has 0 bridgehead atoms. The lowest BCUT2D eigenvalue weighted by atomic mass is 9.96. The monoisotopic (exact) mass is 284 g/mol. The number of aryl methyl sites for hydroxylation is 2. The zero-order chi connectivity index (χ0) is 15.2. The fourth-order valence-corrected chi connectivity index (χ4v) is 2.22. The van der Waals surface area contributed by atoms with Crippen molar-refractivity contribution in [1.82, 2.24) is 0 Å². The summed E-state index contributed by atoms with van der Waals surface area (Å²) in [4.78, 5) is 11.4. The van der Waals surface area contributed by atoms with Crippen LogP contribution in [0.4, 0.5) is 0 Å². The number of carboxylic acids is 1. The number of rotatable bonds is 6. The summed E-state index contributed by atoms with van der Waals surface area (Å²) >= 11 is 0. The van der Waals surface area contributed by atoms with E-state index in [0.717, 1.165) is 11.3 Å². The first-order chi connectivity index (χ1) is 10.1. The molecule has 3 nitrogen and oxygen atoms in total. The summed E-state index contributed by atoms with van der Waals surface area (Å²) in [5.74, 6) is -0.557. The molecule has 3 heteroatoms. The van der Waals surface area contributed by atoms with Gasteiger partial charge in [-0.25, -0.2) is 0 Å². The molecule has 0 aliphatic rings. The van der Waals surface area contributed by atoms with Crippen molar-refractivity contribution in [2.45, 2.75) is 26.2 Å². The lowest BCUT2D eigenvalue weighted by Crippen LogP contribution is -2.15. The van der Waals surface area contributed by atoms with Gasteiger partial charge in [0.2, 0.25) is 0 Å². The van der Waals surface area contributed by atoms with Crippen LogP contribution < -0.4 is 4.74 Å². The van der Waals surface area contributed by atoms with Crippen LogP contribution in [0, 0.1) is 13.8 Å². The Morgan fingerprint density at radius 3 is 2.43 bits per heavy atom. The van der Waals surface area contributed by atoms with Crippen molar-refractivity contribution in [3.8, 4) is 5.75 Å². The van der Waals surface area contributed by atoms with Gasteiger partial charge in [0, 0.05) is 0 Å². The molecule has 0 heterocycles. The summed E-state index contributed by atoms with van der Waals surface area (Å²) in [7, 11) is 0. The standard InChI is InChI=1S/C18H20O3/c1-13-8-9-16(12-14(13)2)21-11-10-17(18(19)20)15-6-4-3-5-7-15/h3-9,12,17H,10-11H2,1-2H3,(H,19,20). The summed E-state index contributed by atoms with van der Waals surface area (Å²) in [6.45, 7) is 4.47. The zero-order valence-electron chi connectivity index (χ0n) is 12.4. The number of carbonyl (C=O) groups is 1. The molecular formula is C18H20O3. The molecule has 0 amide bonds. The first-order valence-corrected chi connectivity index (χ1v) is 7.05. The van der Waals surface area contributed by atoms with Crippen molar-refractivity contribution in [3.05, 3.63) is 65.2 Å². The summed E-state index contributed by atoms with van der Waals surface area (Å²) in [6, 6.07) is 15.2. The fourth-order valence-electron chi connectivity index (χ4n) is 2.22. The van der Waals surface area contributed by atoms with Crippen molar-refractivity contribution in [2.75, 3.05) is 6.61 Å². The topological polar surface area (TPSA) is 46.5 Å². The van der Waals surface area contributed by atoms with Crippen LogP contribution in [0.1, 0.15) is 29.0 Å². The molecule has 110 valence electrons. The number of benzene rings is 2. The van der Waals surface area contributed by atoms with Crippen LogP contribution in [-0.4, -0.2) is 17.7 Å². The smallest absolute Gasteiger partial charge is 0.311 e. The second-order valence-corrected chi connectivity index (χ2v) is 5.18. The van der Waals surface area contributed by atoms with E-state index in [0.29, 0.717) is 13.0 Å². The van der Waals surface area contributed by atoms with Gasteiger partial charge in [-0.2, -0.15) is 0 Å². The van der Waals surface area contributed by atoms with Crippen molar-refractivity contribution >= 4 is 5.97 Å². The Hall–Kier alpha value is -2.29. The maximum Gasteiger partial charge on any atom is 0.311 e. The van der Waals surface area contributed by atoms with Crippen LogP contribution in [0.25, 0.3) is 0 Å². The minimum absolute atomic E-state index is 0.383. The Morgan fingerprint density at radius 2 is 1.81 bits per heavy atom. The molecule has 21 heavy (non-hydrogen) atoms. The van der Waals surface area contributed by atoms with E-state index in [9.17, 15) is 9.90 Å². The van der Waals surface area contributed by atoms with E-state index < -0.39 is 11.9 Å². The fraction of sp³-hybridized carbons (Fsp3) is 0.278. The van der Waals surface area contributed by atoms with E-state index in [1.54, 1.807) is 0 Å². The molecule has 1 atom stereocenters. The van der Waals surface area contributed by atoms with Gasteiger partial charge in [0.1, 0.15) is 5.75 Å². The van der Waals surface area contributed by atoms with Gasteiger partial charge in [-0.05, 0) is 49.1 Å². The van der Waals surface area contributed by atoms with E-state index >= 15 is 0 Å². The maximum atomic E-state index is 11.4. The third-order valence-electron chi connectivity index (χ3n) is 3.65. The highest BCUT2D eigenvalue weighted by molar-refractivity contribution is 5.76. The minimum atomic E-state index is -0.815. The normalized spacial score (nSPS) is 11.9. The molecule has 2 rings (SSSR count). The van der Waals surface area contributed by atoms with Crippen LogP contribution in [0.2, 0.25) is 0 Å². The Kier molecular flexibility index (Phi) is 4.99. The quantitative estimate of drug-likeness (QED) is 0.874. The van der Waals surface area contributed by atoms with Gasteiger partial charge < -0.3 is 9.84 Å². The largest absolute Gasteiger partial charge is 0.494 e. The van der Waals surface area contributed by atoms with Gasteiger partial charge in [0.05, 0.1) is 12.5 Å². The molecule has 0 aromatic heterocycles. The Balaban J connectivity index is 1.97. The molecular weight excluding hydrogens is 264 g/mol. The summed E-state index contributed by atoms with van der Waals surface area (Å²) < 4.78 is 5.68. The second kappa shape index (κ2) is 6.93. The summed E-state index contributed by atoms with van der Waals surface area (Å²) in [5.41, 5.74) is 3.20. The van der Waals surface area contributed by atoms with Crippen molar-refractivity contribution in [2.24, 2.45) is 0 Å². The summed E-state index contributed by atoms with van der Waals surface area (Å²) in [5, 5.41) is 9.35. The molecule has 0 spiro atoms. The van der Waals surface area contributed by atoms with Gasteiger partial charge in [-0.1, -0.05) is 36.4 Å². The van der Waals surface area contributed by atoms with E-state index in [2.05, 4.69) is 6.92 Å². The van der Waals surface area contributed by atoms with E-state index in [-0.39, 0.29) is 0 Å². The van der Waals surface area contributed by atoms with Crippen LogP contribution in [0.5, 0.6) is 5.75 Å². The lowest BCUT2D eigenvalue weighted by molar-refractivity contribution is -0.139. The average Bonchev–Trinajstić information content (AvgIpc) is 2.48. The number of hydrogen-bond acceptors (Lipinski definition) is 2. The van der Waals surface area contributed by atoms with Gasteiger partial charge in [-0.15, -0.1) is 0 Å². The van der Waals surface area contributed by atoms with Crippen molar-refractivity contribution in [1.29, 1.82) is 0 Å². The molecule has 1 N–H and O–H groups in total. The first-order valence-electron chi connectivity index (χ1n) is 7.05. The van der Waals surface area contributed by atoms with Gasteiger partial charge in [0.25, 0.3) is 0 Å². The molecule has 0 fully saturated rings. The van der Waals surface area contributed by atoms with Crippen LogP contribution >= 0.6 is 0 Å². The van der Waals surface area contributed by atoms with Gasteiger partial charge in [-0.3, -0.25) is 4.79 Å². The SMILES string of the molecule is Cc1ccc(OCCC(C(=O)O)c2ccccc2)cc1C. The second-order valence-electron chi connectivity index (χ2n) is 5.18. The number of aliphatic carboxylic acids is 1. The van der Waals surface area contributed by atoms with Crippen molar-refractivity contribution < 1.29 is 14.6 Å². The zero-order valence-corrected chi connectivity index (χ0v) is 12.4. The molecule has 2 aromatic rings. The molecule has 0 aliphatic heterocycles. The maximum absolute atomic E-state index is 11.4. The van der Waals surface area contributed by atoms with E-state index in [1.165, 1.54) is 11.1 Å². The predicted molar refractivity (Wildman–Crippen MR) is 82.8 cm³/mol. The Labute approximate surface area is 125 Å². The molecule has 0 aliphatic carbocycles. The third-order valence-corrected chi connectivity index (χ3v) is 3.65. The number of ether oxygens (including phenoxy) is 1. The third kappa shape index (κ3) is 4.09. The molecule has 0 saturated carbocycles. The van der Waals surface area contributed by atoms with Crippen LogP contribution in [-0.2, 0) is 4.79 Å². The molecule has 1 unspecified atom stereocenters. The Bertz CT molecular complexity index is 605. The number of hydrogen-bond donors (Lipinski definition) is 1. The number of carboxylic acid groups (broad SMARTS) is 1.